The first-order chi connectivity index (χ1) is 10.1. The first-order valence-corrected chi connectivity index (χ1v) is 6.91. The Morgan fingerprint density at radius 1 is 1.27 bits per heavy atom. The number of benzene rings is 1. The summed E-state index contributed by atoms with van der Waals surface area (Å²) in [6.07, 6.45) is -0.525. The van der Waals surface area contributed by atoms with Crippen LogP contribution < -0.4 is 16.4 Å². The van der Waals surface area contributed by atoms with E-state index in [2.05, 4.69) is 10.6 Å². The van der Waals surface area contributed by atoms with Crippen molar-refractivity contribution in [3.05, 3.63) is 29.1 Å². The van der Waals surface area contributed by atoms with Gasteiger partial charge in [0.1, 0.15) is 11.4 Å². The van der Waals surface area contributed by atoms with Crippen molar-refractivity contribution < 1.29 is 18.7 Å². The lowest BCUT2D eigenvalue weighted by Crippen LogP contribution is -2.35. The Morgan fingerprint density at radius 2 is 1.91 bits per heavy atom. The summed E-state index contributed by atoms with van der Waals surface area (Å²) in [5.41, 5.74) is 5.51. The van der Waals surface area contributed by atoms with Crippen LogP contribution in [0.25, 0.3) is 0 Å². The highest BCUT2D eigenvalue weighted by Gasteiger charge is 2.15. The van der Waals surface area contributed by atoms with Gasteiger partial charge in [-0.05, 0) is 39.8 Å². The average Bonchev–Trinajstić information content (AvgIpc) is 2.36. The fourth-order valence-electron chi connectivity index (χ4n) is 1.68. The molecule has 1 aromatic rings. The second kappa shape index (κ2) is 7.11. The highest BCUT2D eigenvalue weighted by atomic mass is 19.1. The van der Waals surface area contributed by atoms with Gasteiger partial charge in [-0.25, -0.2) is 9.18 Å². The summed E-state index contributed by atoms with van der Waals surface area (Å²) in [4.78, 5) is 22.6. The first kappa shape index (κ1) is 17.7. The highest BCUT2D eigenvalue weighted by Crippen LogP contribution is 2.20. The molecule has 22 heavy (non-hydrogen) atoms. The molecule has 0 aromatic heterocycles. The minimum absolute atomic E-state index is 0.0886. The van der Waals surface area contributed by atoms with Crippen molar-refractivity contribution in [2.24, 2.45) is 5.73 Å². The molecule has 0 radical (unpaired) electrons. The largest absolute Gasteiger partial charge is 0.444 e. The molecule has 0 saturated heterocycles. The topological polar surface area (TPSA) is 93.5 Å². The Balaban J connectivity index is 2.55. The van der Waals surface area contributed by atoms with Crippen LogP contribution in [0.5, 0.6) is 0 Å². The van der Waals surface area contributed by atoms with Crippen LogP contribution in [0, 0.1) is 12.7 Å². The van der Waals surface area contributed by atoms with Gasteiger partial charge in [0.2, 0.25) is 5.91 Å². The van der Waals surface area contributed by atoms with Gasteiger partial charge in [0.15, 0.2) is 0 Å². The van der Waals surface area contributed by atoms with Crippen LogP contribution in [0.3, 0.4) is 0 Å². The number of hydrogen-bond donors (Lipinski definition) is 3. The number of ether oxygens (including phenoxy) is 1. The second-order valence-corrected chi connectivity index (χ2v) is 5.85. The molecule has 1 rings (SSSR count). The molecule has 1 aromatic carbocycles. The maximum absolute atomic E-state index is 13.7. The van der Waals surface area contributed by atoms with Crippen molar-refractivity contribution in [1.29, 1.82) is 0 Å². The van der Waals surface area contributed by atoms with Gasteiger partial charge in [-0.2, -0.15) is 0 Å². The molecule has 0 aliphatic rings. The number of carbonyl (C=O) groups excluding carboxylic acids is 2. The summed E-state index contributed by atoms with van der Waals surface area (Å²) in [6.45, 7) is 7.53. The SMILES string of the molecule is Cc1c(F)cc(C(N)=O)cc1NCCNC(=O)OC(C)(C)C. The maximum Gasteiger partial charge on any atom is 0.407 e. The zero-order valence-corrected chi connectivity index (χ0v) is 13.2. The lowest BCUT2D eigenvalue weighted by atomic mass is 10.1. The van der Waals surface area contributed by atoms with Crippen LogP contribution in [-0.4, -0.2) is 30.7 Å². The minimum Gasteiger partial charge on any atom is -0.444 e. The number of alkyl carbamates (subject to hydrolysis) is 1. The fourth-order valence-corrected chi connectivity index (χ4v) is 1.68. The van der Waals surface area contributed by atoms with Crippen molar-refractivity contribution in [3.8, 4) is 0 Å². The van der Waals surface area contributed by atoms with Gasteiger partial charge >= 0.3 is 6.09 Å². The summed E-state index contributed by atoms with van der Waals surface area (Å²) in [7, 11) is 0. The Kier molecular flexibility index (Phi) is 5.73. The molecule has 0 atom stereocenters. The Hall–Kier alpha value is -2.31. The van der Waals surface area contributed by atoms with Crippen molar-refractivity contribution in [2.75, 3.05) is 18.4 Å². The maximum atomic E-state index is 13.7. The Bertz CT molecular complexity index is 568. The quantitative estimate of drug-likeness (QED) is 0.726. The van der Waals surface area contributed by atoms with Crippen molar-refractivity contribution in [3.63, 3.8) is 0 Å². The number of rotatable bonds is 5. The number of carbonyl (C=O) groups is 2. The summed E-state index contributed by atoms with van der Waals surface area (Å²) in [6, 6.07) is 2.58. The zero-order valence-electron chi connectivity index (χ0n) is 13.2. The standard InChI is InChI=1S/C15H22FN3O3/c1-9-11(16)7-10(13(17)20)8-12(9)18-5-6-19-14(21)22-15(2,3)4/h7-8,18H,5-6H2,1-4H3,(H2,17,20)(H,19,21). The van der Waals surface area contributed by atoms with E-state index in [1.807, 2.05) is 0 Å². The second-order valence-electron chi connectivity index (χ2n) is 5.85. The Labute approximate surface area is 129 Å². The third-order valence-electron chi connectivity index (χ3n) is 2.74. The van der Waals surface area contributed by atoms with Gasteiger partial charge in [0, 0.05) is 29.9 Å². The van der Waals surface area contributed by atoms with Crippen LogP contribution in [0.15, 0.2) is 12.1 Å². The molecule has 7 heteroatoms. The molecule has 0 bridgehead atoms. The van der Waals surface area contributed by atoms with E-state index in [0.29, 0.717) is 17.8 Å². The molecule has 0 saturated carbocycles. The molecule has 6 nitrogen and oxygen atoms in total. The van der Waals surface area contributed by atoms with Gasteiger partial charge in [-0.15, -0.1) is 0 Å². The van der Waals surface area contributed by atoms with Gasteiger partial charge in [0.25, 0.3) is 0 Å². The molecule has 2 amide bonds. The monoisotopic (exact) mass is 311 g/mol. The average molecular weight is 311 g/mol. The number of hydrogen-bond acceptors (Lipinski definition) is 4. The lowest BCUT2D eigenvalue weighted by Gasteiger charge is -2.20. The number of primary amides is 1. The minimum atomic E-state index is -0.700. The van der Waals surface area contributed by atoms with E-state index in [4.69, 9.17) is 10.5 Å². The van der Waals surface area contributed by atoms with Gasteiger partial charge in [-0.1, -0.05) is 0 Å². The van der Waals surface area contributed by atoms with Gasteiger partial charge in [0.05, 0.1) is 0 Å². The number of halogens is 1. The van der Waals surface area contributed by atoms with Crippen molar-refractivity contribution in [1.82, 2.24) is 5.32 Å². The number of amides is 2. The van der Waals surface area contributed by atoms with Gasteiger partial charge in [-0.3, -0.25) is 4.79 Å². The lowest BCUT2D eigenvalue weighted by molar-refractivity contribution is 0.0530. The summed E-state index contributed by atoms with van der Waals surface area (Å²) >= 11 is 0. The summed E-state index contributed by atoms with van der Waals surface area (Å²) in [5, 5.41) is 5.52. The van der Waals surface area contributed by atoms with E-state index in [-0.39, 0.29) is 12.1 Å². The van der Waals surface area contributed by atoms with E-state index < -0.39 is 23.4 Å². The Morgan fingerprint density at radius 3 is 2.45 bits per heavy atom. The smallest absolute Gasteiger partial charge is 0.407 e. The van der Waals surface area contributed by atoms with E-state index in [1.165, 1.54) is 6.07 Å². The van der Waals surface area contributed by atoms with Crippen LogP contribution in [-0.2, 0) is 4.74 Å². The molecule has 0 aliphatic heterocycles. The molecule has 0 heterocycles. The van der Waals surface area contributed by atoms with E-state index >= 15 is 0 Å². The third kappa shape index (κ3) is 5.59. The highest BCUT2D eigenvalue weighted by molar-refractivity contribution is 5.94. The predicted molar refractivity (Wildman–Crippen MR) is 82.4 cm³/mol. The van der Waals surface area contributed by atoms with E-state index in [1.54, 1.807) is 27.7 Å². The third-order valence-corrected chi connectivity index (χ3v) is 2.74. The van der Waals surface area contributed by atoms with E-state index in [9.17, 15) is 14.0 Å². The summed E-state index contributed by atoms with van der Waals surface area (Å²) in [5.74, 6) is -1.22. The predicted octanol–water partition coefficient (Wildman–Crippen LogP) is 2.17. The molecule has 0 spiro atoms. The normalized spacial score (nSPS) is 11.0. The number of nitrogens with one attached hydrogen (secondary N) is 2. The molecule has 0 unspecified atom stereocenters. The van der Waals surface area contributed by atoms with Crippen LogP contribution in [0.4, 0.5) is 14.9 Å². The molecular weight excluding hydrogens is 289 g/mol. The van der Waals surface area contributed by atoms with Crippen LogP contribution >= 0.6 is 0 Å². The fraction of sp³-hybridized carbons (Fsp3) is 0.467. The number of anilines is 1. The zero-order chi connectivity index (χ0) is 16.9. The molecular formula is C15H22FN3O3. The van der Waals surface area contributed by atoms with Gasteiger partial charge < -0.3 is 21.1 Å². The van der Waals surface area contributed by atoms with Crippen molar-refractivity contribution >= 4 is 17.7 Å². The van der Waals surface area contributed by atoms with E-state index in [0.717, 1.165) is 6.07 Å². The molecule has 4 N–H and O–H groups in total. The molecule has 0 fully saturated rings. The first-order valence-electron chi connectivity index (χ1n) is 6.91. The molecule has 0 aliphatic carbocycles. The summed E-state index contributed by atoms with van der Waals surface area (Å²) < 4.78 is 18.8. The number of nitrogens with two attached hydrogens (primary N) is 1. The van der Waals surface area contributed by atoms with Crippen LogP contribution in [0.1, 0.15) is 36.7 Å². The molecule has 122 valence electrons. The van der Waals surface area contributed by atoms with Crippen LogP contribution in [0.2, 0.25) is 0 Å². The van der Waals surface area contributed by atoms with Crippen molar-refractivity contribution in [2.45, 2.75) is 33.3 Å².